The van der Waals surface area contributed by atoms with Gasteiger partial charge in [0.15, 0.2) is 0 Å². The molecule has 3 rings (SSSR count). The van der Waals surface area contributed by atoms with Crippen molar-refractivity contribution in [1.29, 1.82) is 0 Å². The maximum absolute atomic E-state index is 12.8. The standard InChI is InChI=1S/C22H31N3O2S/c1-15(20(26)25(5)18-9-7-6-8-10-18)28-21-24-23-19(27-21)16-11-13-17(14-12-16)22(2,3)4/h11-15,18H,6-10H2,1-5H3/t15-/m1/s1. The van der Waals surface area contributed by atoms with E-state index in [0.717, 1.165) is 18.4 Å². The lowest BCUT2D eigenvalue weighted by atomic mass is 9.87. The van der Waals surface area contributed by atoms with Crippen molar-refractivity contribution in [3.63, 3.8) is 0 Å². The van der Waals surface area contributed by atoms with Gasteiger partial charge in [0, 0.05) is 18.7 Å². The number of amides is 1. The van der Waals surface area contributed by atoms with Gasteiger partial charge in [0.2, 0.25) is 11.8 Å². The van der Waals surface area contributed by atoms with Gasteiger partial charge in [0.1, 0.15) is 0 Å². The van der Waals surface area contributed by atoms with Gasteiger partial charge >= 0.3 is 0 Å². The normalized spacial score (nSPS) is 16.8. The third-order valence-corrected chi connectivity index (χ3v) is 6.42. The van der Waals surface area contributed by atoms with Gasteiger partial charge < -0.3 is 9.32 Å². The minimum atomic E-state index is -0.247. The number of benzene rings is 1. The summed E-state index contributed by atoms with van der Waals surface area (Å²) in [5.74, 6) is 0.620. The number of hydrogen-bond donors (Lipinski definition) is 0. The summed E-state index contributed by atoms with van der Waals surface area (Å²) in [5.41, 5.74) is 2.26. The van der Waals surface area contributed by atoms with E-state index in [0.29, 0.717) is 17.2 Å². The highest BCUT2D eigenvalue weighted by Gasteiger charge is 2.27. The average Bonchev–Trinajstić information content (AvgIpc) is 3.15. The highest BCUT2D eigenvalue weighted by atomic mass is 32.2. The van der Waals surface area contributed by atoms with E-state index in [4.69, 9.17) is 4.42 Å². The van der Waals surface area contributed by atoms with E-state index < -0.39 is 0 Å². The molecule has 5 nitrogen and oxygen atoms in total. The van der Waals surface area contributed by atoms with E-state index in [2.05, 4.69) is 43.1 Å². The molecule has 28 heavy (non-hydrogen) atoms. The van der Waals surface area contributed by atoms with Crippen LogP contribution in [0.5, 0.6) is 0 Å². The first-order valence-electron chi connectivity index (χ1n) is 10.1. The lowest BCUT2D eigenvalue weighted by Gasteiger charge is -2.32. The predicted octanol–water partition coefficient (Wildman–Crippen LogP) is 5.31. The Morgan fingerprint density at radius 3 is 2.39 bits per heavy atom. The Balaban J connectivity index is 1.62. The average molecular weight is 402 g/mol. The van der Waals surface area contributed by atoms with E-state index in [1.807, 2.05) is 31.0 Å². The fourth-order valence-corrected chi connectivity index (χ4v) is 4.41. The van der Waals surface area contributed by atoms with Crippen molar-refractivity contribution < 1.29 is 9.21 Å². The number of rotatable bonds is 5. The van der Waals surface area contributed by atoms with Crippen molar-refractivity contribution in [1.82, 2.24) is 15.1 Å². The Morgan fingerprint density at radius 1 is 1.14 bits per heavy atom. The lowest BCUT2D eigenvalue weighted by Crippen LogP contribution is -2.42. The Hall–Kier alpha value is -1.82. The van der Waals surface area contributed by atoms with Gasteiger partial charge in [-0.25, -0.2) is 0 Å². The molecule has 0 radical (unpaired) electrons. The van der Waals surface area contributed by atoms with Crippen molar-refractivity contribution in [3.8, 4) is 11.5 Å². The molecule has 0 aliphatic heterocycles. The summed E-state index contributed by atoms with van der Waals surface area (Å²) in [6.45, 7) is 8.47. The molecule has 0 unspecified atom stereocenters. The molecule has 1 heterocycles. The molecule has 1 amide bonds. The molecule has 0 bridgehead atoms. The fourth-order valence-electron chi connectivity index (χ4n) is 3.62. The molecule has 6 heteroatoms. The zero-order valence-electron chi connectivity index (χ0n) is 17.6. The van der Waals surface area contributed by atoms with E-state index in [-0.39, 0.29) is 16.6 Å². The third-order valence-electron chi connectivity index (χ3n) is 5.50. The van der Waals surface area contributed by atoms with Gasteiger partial charge in [-0.3, -0.25) is 4.79 Å². The molecule has 0 N–H and O–H groups in total. The molecule has 0 spiro atoms. The molecule has 1 aromatic carbocycles. The summed E-state index contributed by atoms with van der Waals surface area (Å²) in [4.78, 5) is 14.7. The van der Waals surface area contributed by atoms with E-state index in [1.165, 1.54) is 36.6 Å². The van der Waals surface area contributed by atoms with Crippen molar-refractivity contribution in [2.24, 2.45) is 0 Å². The number of carbonyl (C=O) groups excluding carboxylic acids is 1. The van der Waals surface area contributed by atoms with Gasteiger partial charge in [-0.1, -0.05) is 63.9 Å². The molecular weight excluding hydrogens is 370 g/mol. The van der Waals surface area contributed by atoms with Crippen LogP contribution in [-0.2, 0) is 10.2 Å². The maximum Gasteiger partial charge on any atom is 0.277 e. The second kappa shape index (κ2) is 8.68. The van der Waals surface area contributed by atoms with E-state index >= 15 is 0 Å². The Labute approximate surface area is 172 Å². The van der Waals surface area contributed by atoms with Crippen LogP contribution < -0.4 is 0 Å². The van der Waals surface area contributed by atoms with Crippen molar-refractivity contribution in [3.05, 3.63) is 29.8 Å². The highest BCUT2D eigenvalue weighted by Crippen LogP contribution is 2.30. The van der Waals surface area contributed by atoms with Gasteiger partial charge in [-0.05, 0) is 42.9 Å². The summed E-state index contributed by atoms with van der Waals surface area (Å²) in [6.07, 6.45) is 5.92. The number of hydrogen-bond acceptors (Lipinski definition) is 5. The molecule has 1 atom stereocenters. The molecular formula is C22H31N3O2S. The van der Waals surface area contributed by atoms with Crippen molar-refractivity contribution in [2.75, 3.05) is 7.05 Å². The van der Waals surface area contributed by atoms with Crippen LogP contribution in [0.25, 0.3) is 11.5 Å². The number of thioether (sulfide) groups is 1. The monoisotopic (exact) mass is 401 g/mol. The van der Waals surface area contributed by atoms with Crippen molar-refractivity contribution >= 4 is 17.7 Å². The fraction of sp³-hybridized carbons (Fsp3) is 0.591. The van der Waals surface area contributed by atoms with Gasteiger partial charge in [-0.15, -0.1) is 10.2 Å². The maximum atomic E-state index is 12.8. The van der Waals surface area contributed by atoms with Crippen LogP contribution >= 0.6 is 11.8 Å². The lowest BCUT2D eigenvalue weighted by molar-refractivity contribution is -0.131. The topological polar surface area (TPSA) is 59.2 Å². The van der Waals surface area contributed by atoms with Crippen LogP contribution in [0.2, 0.25) is 0 Å². The van der Waals surface area contributed by atoms with Crippen LogP contribution in [0.1, 0.15) is 65.4 Å². The van der Waals surface area contributed by atoms with Crippen LogP contribution in [0.4, 0.5) is 0 Å². The van der Waals surface area contributed by atoms with Crippen molar-refractivity contribution in [2.45, 2.75) is 81.7 Å². The Kier molecular flexibility index (Phi) is 6.48. The summed E-state index contributed by atoms with van der Waals surface area (Å²) in [5, 5.41) is 8.49. The molecule has 1 fully saturated rings. The highest BCUT2D eigenvalue weighted by molar-refractivity contribution is 8.00. The number of carbonyl (C=O) groups is 1. The minimum Gasteiger partial charge on any atom is -0.411 e. The summed E-state index contributed by atoms with van der Waals surface area (Å²) < 4.78 is 5.81. The van der Waals surface area contributed by atoms with Crippen LogP contribution in [-0.4, -0.2) is 39.3 Å². The first-order chi connectivity index (χ1) is 13.3. The SMILES string of the molecule is C[C@@H](Sc1nnc(-c2ccc(C(C)(C)C)cc2)o1)C(=O)N(C)C1CCCCC1. The first kappa shape index (κ1) is 20.9. The smallest absolute Gasteiger partial charge is 0.277 e. The zero-order valence-corrected chi connectivity index (χ0v) is 18.4. The van der Waals surface area contributed by atoms with Crippen LogP contribution in [0.15, 0.2) is 33.9 Å². The minimum absolute atomic E-state index is 0.106. The van der Waals surface area contributed by atoms with Gasteiger partial charge in [0.25, 0.3) is 5.22 Å². The first-order valence-corrected chi connectivity index (χ1v) is 11.0. The molecule has 1 aliphatic rings. The number of nitrogens with zero attached hydrogens (tertiary/aromatic N) is 3. The van der Waals surface area contributed by atoms with Gasteiger partial charge in [-0.2, -0.15) is 0 Å². The summed E-state index contributed by atoms with van der Waals surface area (Å²) in [7, 11) is 1.92. The van der Waals surface area contributed by atoms with Gasteiger partial charge in [0.05, 0.1) is 5.25 Å². The molecule has 0 saturated heterocycles. The predicted molar refractivity (Wildman–Crippen MR) is 113 cm³/mol. The molecule has 1 saturated carbocycles. The Bertz CT molecular complexity index is 789. The van der Waals surface area contributed by atoms with E-state index in [9.17, 15) is 4.79 Å². The summed E-state index contributed by atoms with van der Waals surface area (Å²) in [6, 6.07) is 8.57. The third kappa shape index (κ3) is 4.96. The Morgan fingerprint density at radius 2 is 1.79 bits per heavy atom. The number of aromatic nitrogens is 2. The van der Waals surface area contributed by atoms with E-state index in [1.54, 1.807) is 0 Å². The van der Waals surface area contributed by atoms with Crippen LogP contribution in [0, 0.1) is 0 Å². The quantitative estimate of drug-likeness (QED) is 0.636. The molecule has 152 valence electrons. The zero-order chi connectivity index (χ0) is 20.3. The second-order valence-corrected chi connectivity index (χ2v) is 9.99. The molecule has 1 aliphatic carbocycles. The second-order valence-electron chi connectivity index (χ2n) is 8.70. The largest absolute Gasteiger partial charge is 0.411 e. The molecule has 2 aromatic rings. The summed E-state index contributed by atoms with van der Waals surface area (Å²) >= 11 is 1.34. The molecule has 1 aromatic heterocycles. The van der Waals surface area contributed by atoms with Crippen LogP contribution in [0.3, 0.4) is 0 Å².